The molecule has 104 valence electrons. The maximum Gasteiger partial charge on any atom is 0.0161 e. The van der Waals surface area contributed by atoms with Gasteiger partial charge in [-0.2, -0.15) is 0 Å². The number of hydrogen-bond donors (Lipinski definition) is 1. The molecule has 0 bridgehead atoms. The zero-order chi connectivity index (χ0) is 14.1. The predicted octanol–water partition coefficient (Wildman–Crippen LogP) is 4.14. The average molecular weight is 257 g/mol. The van der Waals surface area contributed by atoms with Gasteiger partial charge >= 0.3 is 0 Å². The first-order valence-electron chi connectivity index (χ1n) is 7.41. The summed E-state index contributed by atoms with van der Waals surface area (Å²) in [4.78, 5) is 0. The smallest absolute Gasteiger partial charge is 0.0161 e. The van der Waals surface area contributed by atoms with Gasteiger partial charge in [-0.15, -0.1) is 12.3 Å². The highest BCUT2D eigenvalue weighted by molar-refractivity contribution is 5.27. The number of benzene rings is 1. The standard InChI is InChI=1S/C18H27N/c1-5-8-10-15-17(19-4)18(6-2,7-3)16-13-11-9-12-14-16/h1,9,11-14,17,19H,6-8,10,15H2,2-4H3. The summed E-state index contributed by atoms with van der Waals surface area (Å²) < 4.78 is 0. The molecule has 0 aromatic heterocycles. The van der Waals surface area contributed by atoms with Crippen LogP contribution in [0.25, 0.3) is 0 Å². The van der Waals surface area contributed by atoms with Gasteiger partial charge in [0.2, 0.25) is 0 Å². The van der Waals surface area contributed by atoms with Crippen LogP contribution in [0.1, 0.15) is 51.5 Å². The minimum Gasteiger partial charge on any atom is -0.316 e. The second kappa shape index (κ2) is 8.02. The molecule has 0 saturated carbocycles. The Morgan fingerprint density at radius 1 is 1.21 bits per heavy atom. The maximum atomic E-state index is 5.37. The van der Waals surface area contributed by atoms with Crippen molar-refractivity contribution in [3.05, 3.63) is 35.9 Å². The molecule has 0 heterocycles. The van der Waals surface area contributed by atoms with Gasteiger partial charge in [0.05, 0.1) is 0 Å². The number of rotatable bonds is 8. The molecule has 19 heavy (non-hydrogen) atoms. The van der Waals surface area contributed by atoms with Crippen molar-refractivity contribution in [2.24, 2.45) is 0 Å². The Hall–Kier alpha value is -1.26. The van der Waals surface area contributed by atoms with Crippen molar-refractivity contribution >= 4 is 0 Å². The van der Waals surface area contributed by atoms with Crippen LogP contribution in [0, 0.1) is 12.3 Å². The fourth-order valence-corrected chi connectivity index (χ4v) is 3.23. The summed E-state index contributed by atoms with van der Waals surface area (Å²) in [5.74, 6) is 2.75. The first-order valence-corrected chi connectivity index (χ1v) is 7.41. The molecular formula is C18H27N. The lowest BCUT2D eigenvalue weighted by Gasteiger charge is -2.40. The minimum absolute atomic E-state index is 0.213. The third-order valence-corrected chi connectivity index (χ3v) is 4.44. The number of terminal acetylenes is 1. The molecule has 1 aromatic carbocycles. The molecule has 0 spiro atoms. The molecule has 1 heteroatoms. The molecule has 1 aromatic rings. The largest absolute Gasteiger partial charge is 0.316 e. The van der Waals surface area contributed by atoms with Gasteiger partial charge < -0.3 is 5.32 Å². The van der Waals surface area contributed by atoms with Crippen LogP contribution in [0.2, 0.25) is 0 Å². The summed E-state index contributed by atoms with van der Waals surface area (Å²) in [6, 6.07) is 11.4. The van der Waals surface area contributed by atoms with Crippen LogP contribution in [0.5, 0.6) is 0 Å². The zero-order valence-electron chi connectivity index (χ0n) is 12.6. The van der Waals surface area contributed by atoms with Crippen molar-refractivity contribution in [2.75, 3.05) is 7.05 Å². The predicted molar refractivity (Wildman–Crippen MR) is 84.2 cm³/mol. The first kappa shape index (κ1) is 15.8. The van der Waals surface area contributed by atoms with Crippen molar-refractivity contribution in [1.82, 2.24) is 5.32 Å². The lowest BCUT2D eigenvalue weighted by Crippen LogP contribution is -2.46. The highest BCUT2D eigenvalue weighted by Gasteiger charge is 2.35. The lowest BCUT2D eigenvalue weighted by molar-refractivity contribution is 0.266. The Balaban J connectivity index is 2.99. The van der Waals surface area contributed by atoms with Crippen LogP contribution in [-0.2, 0) is 5.41 Å². The van der Waals surface area contributed by atoms with Crippen molar-refractivity contribution in [3.8, 4) is 12.3 Å². The van der Waals surface area contributed by atoms with E-state index >= 15 is 0 Å². The monoisotopic (exact) mass is 257 g/mol. The van der Waals surface area contributed by atoms with Gasteiger partial charge in [-0.3, -0.25) is 0 Å². The van der Waals surface area contributed by atoms with Crippen molar-refractivity contribution in [3.63, 3.8) is 0 Å². The van der Waals surface area contributed by atoms with E-state index in [2.05, 4.69) is 62.5 Å². The van der Waals surface area contributed by atoms with Gasteiger partial charge in [-0.1, -0.05) is 44.2 Å². The molecule has 1 unspecified atom stereocenters. The highest BCUT2D eigenvalue weighted by atomic mass is 14.9. The third kappa shape index (κ3) is 3.61. The molecule has 0 radical (unpaired) electrons. The van der Waals surface area contributed by atoms with E-state index in [4.69, 9.17) is 6.42 Å². The first-order chi connectivity index (χ1) is 9.25. The Bertz CT molecular complexity index is 384. The summed E-state index contributed by atoms with van der Waals surface area (Å²) in [6.45, 7) is 4.59. The summed E-state index contributed by atoms with van der Waals surface area (Å²) in [6.07, 6.45) is 10.8. The molecule has 0 aliphatic heterocycles. The van der Waals surface area contributed by atoms with Crippen molar-refractivity contribution < 1.29 is 0 Å². The molecule has 0 aliphatic carbocycles. The maximum absolute atomic E-state index is 5.37. The van der Waals surface area contributed by atoms with Gasteiger partial charge in [0.15, 0.2) is 0 Å². The molecule has 1 rings (SSSR count). The molecule has 0 fully saturated rings. The number of likely N-dealkylation sites (N-methyl/N-ethyl adjacent to an activating group) is 1. The van der Waals surface area contributed by atoms with E-state index in [1.165, 1.54) is 5.56 Å². The second-order valence-electron chi connectivity index (χ2n) is 5.17. The molecule has 1 N–H and O–H groups in total. The summed E-state index contributed by atoms with van der Waals surface area (Å²) in [7, 11) is 2.07. The molecule has 1 nitrogen and oxygen atoms in total. The minimum atomic E-state index is 0.213. The second-order valence-corrected chi connectivity index (χ2v) is 5.17. The van der Waals surface area contributed by atoms with E-state index < -0.39 is 0 Å². The van der Waals surface area contributed by atoms with Crippen molar-refractivity contribution in [1.29, 1.82) is 0 Å². The molecule has 0 amide bonds. The number of hydrogen-bond acceptors (Lipinski definition) is 1. The Morgan fingerprint density at radius 3 is 2.32 bits per heavy atom. The van der Waals surface area contributed by atoms with Crippen LogP contribution in [-0.4, -0.2) is 13.1 Å². The SMILES string of the molecule is C#CCCCC(NC)C(CC)(CC)c1ccccc1. The summed E-state index contributed by atoms with van der Waals surface area (Å²) in [5.41, 5.74) is 1.66. The average Bonchev–Trinajstić information content (AvgIpc) is 2.48. The fraction of sp³-hybridized carbons (Fsp3) is 0.556. The van der Waals surface area contributed by atoms with Crippen LogP contribution in [0.4, 0.5) is 0 Å². The Labute approximate surface area is 118 Å². The fourth-order valence-electron chi connectivity index (χ4n) is 3.23. The van der Waals surface area contributed by atoms with Crippen LogP contribution < -0.4 is 5.32 Å². The van der Waals surface area contributed by atoms with E-state index in [-0.39, 0.29) is 5.41 Å². The van der Waals surface area contributed by atoms with Crippen LogP contribution >= 0.6 is 0 Å². The molecule has 0 aliphatic rings. The van der Waals surface area contributed by atoms with E-state index in [0.29, 0.717) is 6.04 Å². The van der Waals surface area contributed by atoms with Gasteiger partial charge in [-0.05, 0) is 38.3 Å². The van der Waals surface area contributed by atoms with E-state index in [9.17, 15) is 0 Å². The van der Waals surface area contributed by atoms with Crippen LogP contribution in [0.15, 0.2) is 30.3 Å². The van der Waals surface area contributed by atoms with Gasteiger partial charge in [0.25, 0.3) is 0 Å². The summed E-state index contributed by atoms with van der Waals surface area (Å²) in [5, 5.41) is 3.53. The normalized spacial score (nSPS) is 12.9. The highest BCUT2D eigenvalue weighted by Crippen LogP contribution is 2.37. The lowest BCUT2D eigenvalue weighted by atomic mass is 9.69. The summed E-state index contributed by atoms with van der Waals surface area (Å²) >= 11 is 0. The number of nitrogens with one attached hydrogen (secondary N) is 1. The van der Waals surface area contributed by atoms with E-state index in [1.54, 1.807) is 0 Å². The quantitative estimate of drug-likeness (QED) is 0.545. The van der Waals surface area contributed by atoms with E-state index in [0.717, 1.165) is 32.1 Å². The Morgan fingerprint density at radius 2 is 1.84 bits per heavy atom. The van der Waals surface area contributed by atoms with Gasteiger partial charge in [0.1, 0.15) is 0 Å². The molecule has 1 atom stereocenters. The third-order valence-electron chi connectivity index (χ3n) is 4.44. The topological polar surface area (TPSA) is 12.0 Å². The van der Waals surface area contributed by atoms with Gasteiger partial charge in [0, 0.05) is 17.9 Å². The zero-order valence-corrected chi connectivity index (χ0v) is 12.6. The van der Waals surface area contributed by atoms with Crippen molar-refractivity contribution in [2.45, 2.75) is 57.4 Å². The van der Waals surface area contributed by atoms with Gasteiger partial charge in [-0.25, -0.2) is 0 Å². The molecular weight excluding hydrogens is 230 g/mol. The van der Waals surface area contributed by atoms with Crippen LogP contribution in [0.3, 0.4) is 0 Å². The Kier molecular flexibility index (Phi) is 6.67. The number of unbranched alkanes of at least 4 members (excludes halogenated alkanes) is 1. The molecule has 0 saturated heterocycles. The van der Waals surface area contributed by atoms with E-state index in [1.807, 2.05) is 0 Å².